The Morgan fingerprint density at radius 2 is 1.58 bits per heavy atom. The van der Waals surface area contributed by atoms with E-state index in [1.165, 1.54) is 12.1 Å². The largest absolute Gasteiger partial charge is 0.480 e. The molecule has 0 saturated heterocycles. The lowest BCUT2D eigenvalue weighted by molar-refractivity contribution is -0.140. The molecule has 2 rings (SSSR count). The van der Waals surface area contributed by atoms with Crippen LogP contribution in [0.1, 0.15) is 37.4 Å². The summed E-state index contributed by atoms with van der Waals surface area (Å²) in [6.07, 6.45) is 0.517. The Morgan fingerprint density at radius 3 is 2.04 bits per heavy atom. The summed E-state index contributed by atoms with van der Waals surface area (Å²) in [4.78, 5) is 11.6. The number of carbonyl (C=O) groups is 1. The Hall–Kier alpha value is -1.72. The summed E-state index contributed by atoms with van der Waals surface area (Å²) in [6, 6.07) is 12.8. The second-order valence-electron chi connectivity index (χ2n) is 6.22. The normalized spacial score (nSPS) is 13.7. The highest BCUT2D eigenvalue weighted by atomic mass is 79.9. The number of halogens is 2. The molecule has 128 valence electrons. The van der Waals surface area contributed by atoms with Crippen LogP contribution in [0.2, 0.25) is 0 Å². The third kappa shape index (κ3) is 5.14. The Bertz CT molecular complexity index is 625. The monoisotopic (exact) mass is 393 g/mol. The van der Waals surface area contributed by atoms with E-state index in [4.69, 9.17) is 0 Å². The van der Waals surface area contributed by atoms with Gasteiger partial charge in [0.2, 0.25) is 0 Å². The smallest absolute Gasteiger partial charge is 0.320 e. The van der Waals surface area contributed by atoms with Crippen LogP contribution in [0.4, 0.5) is 4.39 Å². The van der Waals surface area contributed by atoms with Crippen LogP contribution >= 0.6 is 15.9 Å². The average molecular weight is 394 g/mol. The predicted molar refractivity (Wildman–Crippen MR) is 96.4 cm³/mol. The molecule has 2 N–H and O–H groups in total. The van der Waals surface area contributed by atoms with Crippen molar-refractivity contribution in [1.29, 1.82) is 0 Å². The third-order valence-electron chi connectivity index (χ3n) is 3.78. The fraction of sp³-hybridized carbons (Fsp3) is 0.316. The molecule has 1 unspecified atom stereocenters. The van der Waals surface area contributed by atoms with Crippen molar-refractivity contribution in [2.24, 2.45) is 5.92 Å². The molecule has 24 heavy (non-hydrogen) atoms. The number of carboxylic acids is 1. The molecule has 0 spiro atoms. The fourth-order valence-electron chi connectivity index (χ4n) is 2.61. The minimum Gasteiger partial charge on any atom is -0.480 e. The van der Waals surface area contributed by atoms with Gasteiger partial charge in [-0.15, -0.1) is 0 Å². The SMILES string of the molecule is CC(C)C[C@H](NC(c1ccc(F)cc1)c1ccc(Br)cc1)C(=O)O. The maximum absolute atomic E-state index is 13.2. The van der Waals surface area contributed by atoms with Crippen LogP contribution in [0.15, 0.2) is 53.0 Å². The van der Waals surface area contributed by atoms with E-state index in [0.717, 1.165) is 15.6 Å². The molecule has 3 nitrogen and oxygen atoms in total. The molecule has 0 heterocycles. The number of hydrogen-bond donors (Lipinski definition) is 2. The zero-order chi connectivity index (χ0) is 17.7. The number of nitrogens with one attached hydrogen (secondary N) is 1. The second-order valence-corrected chi connectivity index (χ2v) is 7.14. The topological polar surface area (TPSA) is 49.3 Å². The van der Waals surface area contributed by atoms with Crippen molar-refractivity contribution in [2.75, 3.05) is 0 Å². The quantitative estimate of drug-likeness (QED) is 0.712. The van der Waals surface area contributed by atoms with Crippen molar-refractivity contribution in [3.05, 3.63) is 69.9 Å². The molecule has 2 atom stereocenters. The van der Waals surface area contributed by atoms with E-state index in [2.05, 4.69) is 21.2 Å². The fourth-order valence-corrected chi connectivity index (χ4v) is 2.87. The minimum atomic E-state index is -0.882. The van der Waals surface area contributed by atoms with Gasteiger partial charge in [0.25, 0.3) is 0 Å². The molecule has 0 radical (unpaired) electrons. The minimum absolute atomic E-state index is 0.248. The van der Waals surface area contributed by atoms with Gasteiger partial charge in [0, 0.05) is 4.47 Å². The van der Waals surface area contributed by atoms with Gasteiger partial charge < -0.3 is 5.11 Å². The first-order valence-electron chi connectivity index (χ1n) is 7.86. The zero-order valence-electron chi connectivity index (χ0n) is 13.7. The first-order valence-corrected chi connectivity index (χ1v) is 8.66. The number of carboxylic acid groups (broad SMARTS) is 1. The van der Waals surface area contributed by atoms with Gasteiger partial charge in [-0.2, -0.15) is 0 Å². The van der Waals surface area contributed by atoms with Gasteiger partial charge in [0.05, 0.1) is 6.04 Å². The molecule has 0 bridgehead atoms. The highest BCUT2D eigenvalue weighted by Gasteiger charge is 2.24. The summed E-state index contributed by atoms with van der Waals surface area (Å²) in [7, 11) is 0. The molecular formula is C19H21BrFNO2. The van der Waals surface area contributed by atoms with Gasteiger partial charge in [-0.1, -0.05) is 54.0 Å². The van der Waals surface area contributed by atoms with E-state index in [-0.39, 0.29) is 17.8 Å². The van der Waals surface area contributed by atoms with Gasteiger partial charge in [0.1, 0.15) is 11.9 Å². The summed E-state index contributed by atoms with van der Waals surface area (Å²) in [5.74, 6) is -0.949. The average Bonchev–Trinajstić information content (AvgIpc) is 2.53. The van der Waals surface area contributed by atoms with Crippen LogP contribution in [0.5, 0.6) is 0 Å². The van der Waals surface area contributed by atoms with Crippen LogP contribution in [0, 0.1) is 11.7 Å². The Morgan fingerprint density at radius 1 is 1.08 bits per heavy atom. The molecule has 0 fully saturated rings. The third-order valence-corrected chi connectivity index (χ3v) is 4.31. The first kappa shape index (κ1) is 18.6. The number of benzene rings is 2. The van der Waals surface area contributed by atoms with Gasteiger partial charge in [0.15, 0.2) is 0 Å². The van der Waals surface area contributed by atoms with Crippen LogP contribution < -0.4 is 5.32 Å². The standard InChI is InChI=1S/C19H21BrFNO2/c1-12(2)11-17(19(23)24)22-18(13-3-7-15(20)8-4-13)14-5-9-16(21)10-6-14/h3-10,12,17-18,22H,11H2,1-2H3,(H,23,24)/t17-,18?/m0/s1. The maximum atomic E-state index is 13.2. The van der Waals surface area contributed by atoms with Gasteiger partial charge in [-0.25, -0.2) is 4.39 Å². The molecule has 2 aromatic rings. The molecule has 5 heteroatoms. The van der Waals surface area contributed by atoms with Crippen LogP contribution in [-0.2, 0) is 4.79 Å². The van der Waals surface area contributed by atoms with Crippen LogP contribution in [0.3, 0.4) is 0 Å². The van der Waals surface area contributed by atoms with E-state index in [9.17, 15) is 14.3 Å². The van der Waals surface area contributed by atoms with Crippen molar-refractivity contribution in [3.8, 4) is 0 Å². The second kappa shape index (κ2) is 8.40. The number of aliphatic carboxylic acids is 1. The lowest BCUT2D eigenvalue weighted by Gasteiger charge is -2.25. The van der Waals surface area contributed by atoms with Crippen LogP contribution in [-0.4, -0.2) is 17.1 Å². The van der Waals surface area contributed by atoms with E-state index in [0.29, 0.717) is 6.42 Å². The summed E-state index contributed by atoms with van der Waals surface area (Å²) in [5.41, 5.74) is 1.76. The molecule has 0 aliphatic rings. The molecule has 0 aliphatic heterocycles. The predicted octanol–water partition coefficient (Wildman–Crippen LogP) is 4.77. The van der Waals surface area contributed by atoms with Crippen molar-refractivity contribution in [2.45, 2.75) is 32.4 Å². The molecular weight excluding hydrogens is 373 g/mol. The highest BCUT2D eigenvalue weighted by Crippen LogP contribution is 2.25. The summed E-state index contributed by atoms with van der Waals surface area (Å²) in [6.45, 7) is 3.98. The van der Waals surface area contributed by atoms with E-state index in [1.54, 1.807) is 12.1 Å². The van der Waals surface area contributed by atoms with Gasteiger partial charge >= 0.3 is 5.97 Å². The number of hydrogen-bond acceptors (Lipinski definition) is 2. The Labute approximate surface area is 150 Å². The Kier molecular flexibility index (Phi) is 6.52. The van der Waals surface area contributed by atoms with Crippen LogP contribution in [0.25, 0.3) is 0 Å². The lowest BCUT2D eigenvalue weighted by Crippen LogP contribution is -2.40. The van der Waals surface area contributed by atoms with Crippen molar-refractivity contribution in [1.82, 2.24) is 5.32 Å². The van der Waals surface area contributed by atoms with E-state index in [1.807, 2.05) is 38.1 Å². The Balaban J connectivity index is 2.36. The van der Waals surface area contributed by atoms with Gasteiger partial charge in [-0.3, -0.25) is 10.1 Å². The summed E-state index contributed by atoms with van der Waals surface area (Å²) in [5, 5.41) is 12.7. The molecule has 0 aromatic heterocycles. The van der Waals surface area contributed by atoms with E-state index < -0.39 is 12.0 Å². The van der Waals surface area contributed by atoms with Crippen molar-refractivity contribution in [3.63, 3.8) is 0 Å². The van der Waals surface area contributed by atoms with E-state index >= 15 is 0 Å². The number of rotatable bonds is 7. The molecule has 0 amide bonds. The molecule has 0 aliphatic carbocycles. The zero-order valence-corrected chi connectivity index (χ0v) is 15.3. The lowest BCUT2D eigenvalue weighted by atomic mass is 9.95. The molecule has 0 saturated carbocycles. The van der Waals surface area contributed by atoms with Crippen molar-refractivity contribution < 1.29 is 14.3 Å². The molecule has 2 aromatic carbocycles. The summed E-state index contributed by atoms with van der Waals surface area (Å²) < 4.78 is 14.2. The maximum Gasteiger partial charge on any atom is 0.320 e. The van der Waals surface area contributed by atoms with Gasteiger partial charge in [-0.05, 0) is 47.7 Å². The highest BCUT2D eigenvalue weighted by molar-refractivity contribution is 9.10. The summed E-state index contributed by atoms with van der Waals surface area (Å²) >= 11 is 3.40. The first-order chi connectivity index (χ1) is 11.4. The van der Waals surface area contributed by atoms with Crippen molar-refractivity contribution >= 4 is 21.9 Å².